The first-order valence-electron chi connectivity index (χ1n) is 5.42. The zero-order chi connectivity index (χ0) is 10.1. The van der Waals surface area contributed by atoms with Gasteiger partial charge in [-0.1, -0.05) is 13.8 Å². The molecule has 13 heavy (non-hydrogen) atoms. The highest BCUT2D eigenvalue weighted by Gasteiger charge is 2.43. The van der Waals surface area contributed by atoms with Gasteiger partial charge in [-0.2, -0.15) is 0 Å². The van der Waals surface area contributed by atoms with E-state index in [-0.39, 0.29) is 5.54 Å². The third-order valence-electron chi connectivity index (χ3n) is 3.38. The van der Waals surface area contributed by atoms with Gasteiger partial charge >= 0.3 is 0 Å². The van der Waals surface area contributed by atoms with Gasteiger partial charge in [-0.05, 0) is 38.6 Å². The number of nitrogens with zero attached hydrogens (tertiary/aromatic N) is 1. The van der Waals surface area contributed by atoms with Crippen LogP contribution >= 0.6 is 0 Å². The SMILES string of the molecule is CC(C)CN(C)C(C)(CN)C1CC1. The van der Waals surface area contributed by atoms with Crippen LogP contribution in [0.15, 0.2) is 0 Å². The molecule has 2 heteroatoms. The van der Waals surface area contributed by atoms with Crippen LogP contribution in [0.2, 0.25) is 0 Å². The summed E-state index contributed by atoms with van der Waals surface area (Å²) in [4.78, 5) is 2.45. The van der Waals surface area contributed by atoms with Crippen molar-refractivity contribution in [2.24, 2.45) is 17.6 Å². The maximum atomic E-state index is 5.88. The van der Waals surface area contributed by atoms with Crippen LogP contribution in [0.25, 0.3) is 0 Å². The van der Waals surface area contributed by atoms with E-state index in [9.17, 15) is 0 Å². The Hall–Kier alpha value is -0.0800. The van der Waals surface area contributed by atoms with Crippen LogP contribution in [0, 0.1) is 11.8 Å². The maximum absolute atomic E-state index is 5.88. The largest absolute Gasteiger partial charge is 0.329 e. The normalized spacial score (nSPS) is 22.4. The summed E-state index contributed by atoms with van der Waals surface area (Å²) in [6, 6.07) is 0. The summed E-state index contributed by atoms with van der Waals surface area (Å²) in [5, 5.41) is 0. The van der Waals surface area contributed by atoms with Crippen molar-refractivity contribution in [2.75, 3.05) is 20.1 Å². The van der Waals surface area contributed by atoms with Gasteiger partial charge in [-0.15, -0.1) is 0 Å². The van der Waals surface area contributed by atoms with Crippen molar-refractivity contribution in [2.45, 2.75) is 39.2 Å². The molecular formula is C11H24N2. The van der Waals surface area contributed by atoms with Crippen LogP contribution in [-0.4, -0.2) is 30.6 Å². The van der Waals surface area contributed by atoms with Crippen molar-refractivity contribution in [1.82, 2.24) is 4.90 Å². The summed E-state index contributed by atoms with van der Waals surface area (Å²) in [6.07, 6.45) is 2.74. The first kappa shape index (κ1) is 11.0. The van der Waals surface area contributed by atoms with E-state index in [0.29, 0.717) is 0 Å². The van der Waals surface area contributed by atoms with Crippen LogP contribution in [0.4, 0.5) is 0 Å². The molecule has 78 valence electrons. The molecule has 0 aromatic heterocycles. The van der Waals surface area contributed by atoms with Crippen LogP contribution in [-0.2, 0) is 0 Å². The zero-order valence-corrected chi connectivity index (χ0v) is 9.51. The quantitative estimate of drug-likeness (QED) is 0.704. The molecule has 2 N–H and O–H groups in total. The summed E-state index contributed by atoms with van der Waals surface area (Å²) in [5.41, 5.74) is 6.14. The molecule has 0 aromatic carbocycles. The number of nitrogens with two attached hydrogens (primary N) is 1. The predicted molar refractivity (Wildman–Crippen MR) is 57.7 cm³/mol. The summed E-state index contributed by atoms with van der Waals surface area (Å²) >= 11 is 0. The first-order valence-corrected chi connectivity index (χ1v) is 5.42. The molecule has 1 fully saturated rings. The van der Waals surface area contributed by atoms with Crippen LogP contribution in [0.3, 0.4) is 0 Å². The number of hydrogen-bond acceptors (Lipinski definition) is 2. The molecule has 1 unspecified atom stereocenters. The lowest BCUT2D eigenvalue weighted by Crippen LogP contribution is -2.52. The van der Waals surface area contributed by atoms with Gasteiger partial charge in [0.15, 0.2) is 0 Å². The molecule has 0 aliphatic heterocycles. The Morgan fingerprint density at radius 2 is 2.00 bits per heavy atom. The number of likely N-dealkylation sites (N-methyl/N-ethyl adjacent to an activating group) is 1. The van der Waals surface area contributed by atoms with Gasteiger partial charge in [-0.3, -0.25) is 4.90 Å². The molecule has 0 amide bonds. The van der Waals surface area contributed by atoms with Crippen LogP contribution < -0.4 is 5.73 Å². The summed E-state index contributed by atoms with van der Waals surface area (Å²) in [6.45, 7) is 8.79. The highest BCUT2D eigenvalue weighted by molar-refractivity contribution is 4.99. The molecule has 0 spiro atoms. The lowest BCUT2D eigenvalue weighted by molar-refractivity contribution is 0.107. The van der Waals surface area contributed by atoms with Gasteiger partial charge in [0, 0.05) is 18.6 Å². The minimum Gasteiger partial charge on any atom is -0.329 e. The zero-order valence-electron chi connectivity index (χ0n) is 9.51. The second-order valence-corrected chi connectivity index (χ2v) is 5.11. The molecule has 1 atom stereocenters. The molecule has 1 saturated carbocycles. The van der Waals surface area contributed by atoms with E-state index >= 15 is 0 Å². The van der Waals surface area contributed by atoms with E-state index < -0.39 is 0 Å². The highest BCUT2D eigenvalue weighted by Crippen LogP contribution is 2.42. The third kappa shape index (κ3) is 2.44. The molecule has 0 saturated heterocycles. The van der Waals surface area contributed by atoms with Crippen LogP contribution in [0.1, 0.15) is 33.6 Å². The van der Waals surface area contributed by atoms with E-state index in [1.54, 1.807) is 0 Å². The van der Waals surface area contributed by atoms with E-state index in [1.165, 1.54) is 12.8 Å². The maximum Gasteiger partial charge on any atom is 0.0328 e. The Bertz CT molecular complexity index is 163. The molecule has 1 aliphatic carbocycles. The molecule has 0 aromatic rings. The number of rotatable bonds is 5. The Morgan fingerprint density at radius 1 is 1.46 bits per heavy atom. The van der Waals surface area contributed by atoms with Crippen molar-refractivity contribution >= 4 is 0 Å². The van der Waals surface area contributed by atoms with Crippen molar-refractivity contribution < 1.29 is 0 Å². The minimum absolute atomic E-state index is 0.254. The molecule has 1 aliphatic rings. The highest BCUT2D eigenvalue weighted by atomic mass is 15.2. The second kappa shape index (κ2) is 3.97. The van der Waals surface area contributed by atoms with Gasteiger partial charge in [0.1, 0.15) is 0 Å². The van der Waals surface area contributed by atoms with Crippen molar-refractivity contribution in [1.29, 1.82) is 0 Å². The molecule has 0 radical (unpaired) electrons. The fourth-order valence-electron chi connectivity index (χ4n) is 2.10. The standard InChI is InChI=1S/C11H24N2/c1-9(2)7-13(4)11(3,8-12)10-5-6-10/h9-10H,5-8,12H2,1-4H3. The lowest BCUT2D eigenvalue weighted by atomic mass is 9.93. The average molecular weight is 184 g/mol. The third-order valence-corrected chi connectivity index (χ3v) is 3.38. The lowest BCUT2D eigenvalue weighted by Gasteiger charge is -2.39. The summed E-state index contributed by atoms with van der Waals surface area (Å²) in [5.74, 6) is 1.58. The topological polar surface area (TPSA) is 29.3 Å². The van der Waals surface area contributed by atoms with Crippen molar-refractivity contribution in [3.05, 3.63) is 0 Å². The predicted octanol–water partition coefficient (Wildman–Crippen LogP) is 1.70. The molecule has 0 heterocycles. The van der Waals surface area contributed by atoms with Crippen LogP contribution in [0.5, 0.6) is 0 Å². The number of hydrogen-bond donors (Lipinski definition) is 1. The van der Waals surface area contributed by atoms with E-state index in [1.807, 2.05) is 0 Å². The van der Waals surface area contributed by atoms with E-state index in [4.69, 9.17) is 5.73 Å². The Morgan fingerprint density at radius 3 is 2.31 bits per heavy atom. The van der Waals surface area contributed by atoms with Gasteiger partial charge in [-0.25, -0.2) is 0 Å². The fraction of sp³-hybridized carbons (Fsp3) is 1.00. The van der Waals surface area contributed by atoms with Gasteiger partial charge in [0.25, 0.3) is 0 Å². The van der Waals surface area contributed by atoms with Gasteiger partial charge < -0.3 is 5.73 Å². The van der Waals surface area contributed by atoms with Crippen molar-refractivity contribution in [3.8, 4) is 0 Å². The fourth-order valence-corrected chi connectivity index (χ4v) is 2.10. The summed E-state index contributed by atoms with van der Waals surface area (Å²) < 4.78 is 0. The molecule has 1 rings (SSSR count). The first-order chi connectivity index (χ1) is 6.00. The smallest absolute Gasteiger partial charge is 0.0328 e. The second-order valence-electron chi connectivity index (χ2n) is 5.11. The minimum atomic E-state index is 0.254. The van der Waals surface area contributed by atoms with Crippen molar-refractivity contribution in [3.63, 3.8) is 0 Å². The van der Waals surface area contributed by atoms with Gasteiger partial charge in [0.2, 0.25) is 0 Å². The molecule has 2 nitrogen and oxygen atoms in total. The Balaban J connectivity index is 2.53. The van der Waals surface area contributed by atoms with Gasteiger partial charge in [0.05, 0.1) is 0 Å². The summed E-state index contributed by atoms with van der Waals surface area (Å²) in [7, 11) is 2.21. The Kier molecular flexibility index (Phi) is 3.36. The molecule has 0 bridgehead atoms. The average Bonchev–Trinajstić information content (AvgIpc) is 2.84. The molecular weight excluding hydrogens is 160 g/mol. The monoisotopic (exact) mass is 184 g/mol. The van der Waals surface area contributed by atoms with E-state index in [0.717, 1.165) is 24.9 Å². The van der Waals surface area contributed by atoms with E-state index in [2.05, 4.69) is 32.7 Å². The Labute approximate surface area is 82.5 Å².